The lowest BCUT2D eigenvalue weighted by Crippen LogP contribution is -2.15. The van der Waals surface area contributed by atoms with Gasteiger partial charge in [0.05, 0.1) is 15.6 Å². The number of hydrogen-bond donors (Lipinski definition) is 2. The van der Waals surface area contributed by atoms with Gasteiger partial charge in [0.25, 0.3) is 11.6 Å². The summed E-state index contributed by atoms with van der Waals surface area (Å²) in [5, 5.41) is 13.0. The summed E-state index contributed by atoms with van der Waals surface area (Å²) in [5.41, 5.74) is 4.83. The second kappa shape index (κ2) is 5.76. The second-order valence-corrected chi connectivity index (χ2v) is 4.50. The van der Waals surface area contributed by atoms with E-state index in [1.54, 1.807) is 0 Å². The standard InChI is InChI=1S/C13H9ClFN3O3/c14-9-2-1-3-10(12(9)15)17-13(19)8-6-7(16)4-5-11(8)18(20)21/h1-6H,16H2,(H,17,19). The molecule has 108 valence electrons. The van der Waals surface area contributed by atoms with Crippen LogP contribution < -0.4 is 11.1 Å². The molecule has 2 aromatic carbocycles. The van der Waals surface area contributed by atoms with Gasteiger partial charge >= 0.3 is 0 Å². The molecule has 0 heterocycles. The number of nitrogen functional groups attached to an aromatic ring is 1. The van der Waals surface area contributed by atoms with Crippen molar-refractivity contribution < 1.29 is 14.1 Å². The third-order valence-corrected chi connectivity index (χ3v) is 2.95. The fourth-order valence-corrected chi connectivity index (χ4v) is 1.86. The number of nitrogens with two attached hydrogens (primary N) is 1. The zero-order valence-electron chi connectivity index (χ0n) is 10.5. The van der Waals surface area contributed by atoms with Gasteiger partial charge in [-0.1, -0.05) is 17.7 Å². The zero-order chi connectivity index (χ0) is 15.6. The Morgan fingerprint density at radius 3 is 2.71 bits per heavy atom. The molecule has 6 nitrogen and oxygen atoms in total. The molecule has 2 aromatic rings. The monoisotopic (exact) mass is 309 g/mol. The van der Waals surface area contributed by atoms with E-state index >= 15 is 0 Å². The fourth-order valence-electron chi connectivity index (χ4n) is 1.68. The van der Waals surface area contributed by atoms with E-state index in [-0.39, 0.29) is 22.0 Å². The first-order valence-corrected chi connectivity index (χ1v) is 6.07. The quantitative estimate of drug-likeness (QED) is 0.516. The van der Waals surface area contributed by atoms with Gasteiger partial charge in [-0.05, 0) is 24.3 Å². The first-order valence-electron chi connectivity index (χ1n) is 5.69. The Morgan fingerprint density at radius 2 is 2.05 bits per heavy atom. The number of halogens is 2. The maximum Gasteiger partial charge on any atom is 0.282 e. The van der Waals surface area contributed by atoms with Crippen molar-refractivity contribution in [3.63, 3.8) is 0 Å². The number of anilines is 2. The van der Waals surface area contributed by atoms with Crippen molar-refractivity contribution in [1.29, 1.82) is 0 Å². The number of nitro groups is 1. The molecule has 0 spiro atoms. The van der Waals surface area contributed by atoms with E-state index < -0.39 is 22.3 Å². The second-order valence-electron chi connectivity index (χ2n) is 4.09. The van der Waals surface area contributed by atoms with Crippen LogP contribution in [-0.2, 0) is 0 Å². The van der Waals surface area contributed by atoms with Gasteiger partial charge in [0.15, 0.2) is 5.82 Å². The van der Waals surface area contributed by atoms with Crippen LogP contribution in [0, 0.1) is 15.9 Å². The molecule has 0 aliphatic heterocycles. The van der Waals surface area contributed by atoms with Gasteiger partial charge in [-0.2, -0.15) is 0 Å². The highest BCUT2D eigenvalue weighted by Crippen LogP contribution is 2.25. The lowest BCUT2D eigenvalue weighted by molar-refractivity contribution is -0.385. The highest BCUT2D eigenvalue weighted by molar-refractivity contribution is 6.31. The molecule has 0 saturated heterocycles. The SMILES string of the molecule is Nc1ccc([N+](=O)[O-])c(C(=O)Nc2cccc(Cl)c2F)c1. The van der Waals surface area contributed by atoms with Crippen LogP contribution >= 0.6 is 11.6 Å². The van der Waals surface area contributed by atoms with Crippen LogP contribution in [-0.4, -0.2) is 10.8 Å². The van der Waals surface area contributed by atoms with Crippen LogP contribution in [0.3, 0.4) is 0 Å². The molecular weight excluding hydrogens is 301 g/mol. The summed E-state index contributed by atoms with van der Waals surface area (Å²) in [7, 11) is 0. The number of nitrogens with zero attached hydrogens (tertiary/aromatic N) is 1. The van der Waals surface area contributed by atoms with Crippen molar-refractivity contribution in [3.8, 4) is 0 Å². The maximum absolute atomic E-state index is 13.7. The molecule has 0 aliphatic carbocycles. The highest BCUT2D eigenvalue weighted by atomic mass is 35.5. The number of amides is 1. The molecule has 21 heavy (non-hydrogen) atoms. The van der Waals surface area contributed by atoms with Gasteiger partial charge in [-0.25, -0.2) is 4.39 Å². The Morgan fingerprint density at radius 1 is 1.33 bits per heavy atom. The summed E-state index contributed by atoms with van der Waals surface area (Å²) < 4.78 is 13.7. The third kappa shape index (κ3) is 3.09. The van der Waals surface area contributed by atoms with E-state index in [0.29, 0.717) is 0 Å². The molecule has 0 bridgehead atoms. The van der Waals surface area contributed by atoms with Crippen molar-refractivity contribution in [2.24, 2.45) is 0 Å². The minimum Gasteiger partial charge on any atom is -0.399 e. The molecule has 0 atom stereocenters. The topological polar surface area (TPSA) is 98.3 Å². The Hall–Kier alpha value is -2.67. The lowest BCUT2D eigenvalue weighted by Gasteiger charge is -2.08. The average Bonchev–Trinajstić information content (AvgIpc) is 2.43. The van der Waals surface area contributed by atoms with Crippen LogP contribution in [0.25, 0.3) is 0 Å². The predicted octanol–water partition coefficient (Wildman–Crippen LogP) is 3.22. The number of carbonyl (C=O) groups excluding carboxylic acids is 1. The summed E-state index contributed by atoms with van der Waals surface area (Å²) in [4.78, 5) is 22.3. The maximum atomic E-state index is 13.7. The number of benzene rings is 2. The number of nitro benzene ring substituents is 1. The average molecular weight is 310 g/mol. The number of rotatable bonds is 3. The van der Waals surface area contributed by atoms with E-state index in [1.807, 2.05) is 0 Å². The highest BCUT2D eigenvalue weighted by Gasteiger charge is 2.21. The van der Waals surface area contributed by atoms with Crippen LogP contribution in [0.5, 0.6) is 0 Å². The number of nitrogens with one attached hydrogen (secondary N) is 1. The van der Waals surface area contributed by atoms with Gasteiger partial charge in [-0.15, -0.1) is 0 Å². The van der Waals surface area contributed by atoms with Crippen molar-refractivity contribution >= 4 is 34.6 Å². The van der Waals surface area contributed by atoms with Crippen molar-refractivity contribution in [2.45, 2.75) is 0 Å². The van der Waals surface area contributed by atoms with E-state index in [4.69, 9.17) is 17.3 Å². The molecule has 0 radical (unpaired) electrons. The fraction of sp³-hybridized carbons (Fsp3) is 0. The Balaban J connectivity index is 2.39. The Bertz CT molecular complexity index is 737. The van der Waals surface area contributed by atoms with Gasteiger partial charge < -0.3 is 11.1 Å². The van der Waals surface area contributed by atoms with Crippen LogP contribution in [0.4, 0.5) is 21.5 Å². The lowest BCUT2D eigenvalue weighted by atomic mass is 10.1. The molecule has 0 saturated carbocycles. The molecule has 1 amide bonds. The molecule has 0 unspecified atom stereocenters. The summed E-state index contributed by atoms with van der Waals surface area (Å²) in [6.07, 6.45) is 0. The molecule has 3 N–H and O–H groups in total. The molecule has 0 fully saturated rings. The van der Waals surface area contributed by atoms with E-state index in [1.165, 1.54) is 24.3 Å². The Kier molecular flexibility index (Phi) is 4.04. The molecule has 8 heteroatoms. The smallest absolute Gasteiger partial charge is 0.282 e. The number of hydrogen-bond acceptors (Lipinski definition) is 4. The van der Waals surface area contributed by atoms with Crippen molar-refractivity contribution in [1.82, 2.24) is 0 Å². The molecular formula is C13H9ClFN3O3. The van der Waals surface area contributed by atoms with Gasteiger partial charge in [0.1, 0.15) is 5.56 Å². The zero-order valence-corrected chi connectivity index (χ0v) is 11.2. The minimum atomic E-state index is -0.852. The summed E-state index contributed by atoms with van der Waals surface area (Å²) in [6, 6.07) is 7.60. The van der Waals surface area contributed by atoms with Gasteiger partial charge in [0.2, 0.25) is 0 Å². The molecule has 0 aromatic heterocycles. The van der Waals surface area contributed by atoms with Crippen LogP contribution in [0.1, 0.15) is 10.4 Å². The van der Waals surface area contributed by atoms with Crippen LogP contribution in [0.2, 0.25) is 5.02 Å². The summed E-state index contributed by atoms with van der Waals surface area (Å²) in [5.74, 6) is -1.67. The Labute approximate surface area is 123 Å². The third-order valence-electron chi connectivity index (χ3n) is 2.66. The summed E-state index contributed by atoms with van der Waals surface area (Å²) in [6.45, 7) is 0. The first-order chi connectivity index (χ1) is 9.90. The van der Waals surface area contributed by atoms with Crippen molar-refractivity contribution in [3.05, 3.63) is 62.9 Å². The predicted molar refractivity (Wildman–Crippen MR) is 76.9 cm³/mol. The number of carbonyl (C=O) groups is 1. The normalized spacial score (nSPS) is 10.2. The van der Waals surface area contributed by atoms with Crippen molar-refractivity contribution in [2.75, 3.05) is 11.1 Å². The van der Waals surface area contributed by atoms with Gasteiger partial charge in [-0.3, -0.25) is 14.9 Å². The first kappa shape index (κ1) is 14.7. The molecule has 0 aliphatic rings. The van der Waals surface area contributed by atoms with E-state index in [0.717, 1.165) is 12.1 Å². The summed E-state index contributed by atoms with van der Waals surface area (Å²) >= 11 is 5.60. The van der Waals surface area contributed by atoms with Gasteiger partial charge in [0, 0.05) is 11.8 Å². The largest absolute Gasteiger partial charge is 0.399 e. The molecule has 2 rings (SSSR count). The van der Waals surface area contributed by atoms with E-state index in [9.17, 15) is 19.3 Å². The van der Waals surface area contributed by atoms with Crippen LogP contribution in [0.15, 0.2) is 36.4 Å². The minimum absolute atomic E-state index is 0.171. The van der Waals surface area contributed by atoms with E-state index in [2.05, 4.69) is 5.32 Å².